The Labute approximate surface area is 137 Å². The summed E-state index contributed by atoms with van der Waals surface area (Å²) in [4.78, 5) is 31.9. The zero-order valence-corrected chi connectivity index (χ0v) is 13.8. The van der Waals surface area contributed by atoms with Crippen molar-refractivity contribution >= 4 is 18.0 Å². The number of aromatic nitrogens is 1. The maximum absolute atomic E-state index is 12.3. The van der Waals surface area contributed by atoms with Crippen LogP contribution in [0.5, 0.6) is 0 Å². The fourth-order valence-corrected chi connectivity index (χ4v) is 2.78. The van der Waals surface area contributed by atoms with E-state index in [0.717, 1.165) is 36.8 Å². The minimum atomic E-state index is 0.0909. The van der Waals surface area contributed by atoms with Crippen molar-refractivity contribution in [2.45, 2.75) is 26.3 Å². The van der Waals surface area contributed by atoms with Gasteiger partial charge in [0.15, 0.2) is 6.29 Å². The first-order valence-corrected chi connectivity index (χ1v) is 7.90. The number of anilines is 1. The summed E-state index contributed by atoms with van der Waals surface area (Å²) in [5.41, 5.74) is 2.17. The number of nitrogens with one attached hydrogen (secondary N) is 1. The van der Waals surface area contributed by atoms with Gasteiger partial charge < -0.3 is 10.2 Å². The molecule has 0 saturated carbocycles. The Kier molecular flexibility index (Phi) is 5.87. The highest BCUT2D eigenvalue weighted by molar-refractivity contribution is 5.80. The maximum Gasteiger partial charge on any atom is 0.237 e. The number of amides is 1. The first kappa shape index (κ1) is 17.1. The number of carbonyl (C=O) groups is 2. The monoisotopic (exact) mass is 316 g/mol. The lowest BCUT2D eigenvalue weighted by Crippen LogP contribution is -2.35. The Morgan fingerprint density at radius 3 is 2.83 bits per heavy atom. The molecule has 1 amide bonds. The third-order valence-corrected chi connectivity index (χ3v) is 4.03. The van der Waals surface area contributed by atoms with Crippen molar-refractivity contribution in [3.63, 3.8) is 0 Å². The van der Waals surface area contributed by atoms with Gasteiger partial charge in [0.05, 0.1) is 6.54 Å². The fraction of sp³-hybridized carbons (Fsp3) is 0.471. The second-order valence-corrected chi connectivity index (χ2v) is 5.77. The van der Waals surface area contributed by atoms with Crippen LogP contribution in [-0.4, -0.2) is 53.7 Å². The molecule has 124 valence electrons. The van der Waals surface area contributed by atoms with Crippen LogP contribution in [0.25, 0.3) is 0 Å². The highest BCUT2D eigenvalue weighted by Crippen LogP contribution is 2.20. The van der Waals surface area contributed by atoms with Gasteiger partial charge in [-0.25, -0.2) is 4.98 Å². The zero-order chi connectivity index (χ0) is 16.8. The predicted molar refractivity (Wildman–Crippen MR) is 90.4 cm³/mol. The Hall–Kier alpha value is -2.21. The van der Waals surface area contributed by atoms with Crippen molar-refractivity contribution in [3.8, 4) is 0 Å². The number of hydrogen-bond acceptors (Lipinski definition) is 5. The summed E-state index contributed by atoms with van der Waals surface area (Å²) in [5, 5.41) is 2.96. The number of rotatable bonds is 6. The van der Waals surface area contributed by atoms with Gasteiger partial charge in [-0.2, -0.15) is 0 Å². The lowest BCUT2D eigenvalue weighted by atomic mass is 10.1. The van der Waals surface area contributed by atoms with E-state index < -0.39 is 0 Å². The summed E-state index contributed by atoms with van der Waals surface area (Å²) in [6, 6.07) is 1.96. The maximum atomic E-state index is 12.3. The largest absolute Gasteiger partial charge is 0.347 e. The van der Waals surface area contributed by atoms with Crippen molar-refractivity contribution in [3.05, 3.63) is 35.7 Å². The second-order valence-electron chi connectivity index (χ2n) is 5.77. The number of nitrogens with zero attached hydrogens (tertiary/aromatic N) is 3. The molecule has 1 aromatic rings. The van der Waals surface area contributed by atoms with Crippen molar-refractivity contribution in [1.82, 2.24) is 14.8 Å². The van der Waals surface area contributed by atoms with Crippen LogP contribution in [0.15, 0.2) is 18.8 Å². The van der Waals surface area contributed by atoms with Gasteiger partial charge in [0.2, 0.25) is 5.91 Å². The molecule has 1 aliphatic rings. The molecule has 0 aromatic carbocycles. The number of carbonyl (C=O) groups excluding carboxylic acids is 2. The Morgan fingerprint density at radius 1 is 1.39 bits per heavy atom. The minimum absolute atomic E-state index is 0.0909. The molecule has 0 radical (unpaired) electrons. The zero-order valence-electron chi connectivity index (χ0n) is 13.8. The van der Waals surface area contributed by atoms with Crippen LogP contribution in [0.4, 0.5) is 5.82 Å². The molecular weight excluding hydrogens is 292 g/mol. The Morgan fingerprint density at radius 2 is 2.17 bits per heavy atom. The molecule has 2 rings (SSSR count). The molecule has 0 unspecified atom stereocenters. The van der Waals surface area contributed by atoms with Gasteiger partial charge in [-0.3, -0.25) is 14.5 Å². The molecule has 1 aliphatic heterocycles. The molecule has 1 saturated heterocycles. The Balaban J connectivity index is 2.29. The summed E-state index contributed by atoms with van der Waals surface area (Å²) >= 11 is 0. The van der Waals surface area contributed by atoms with Crippen molar-refractivity contribution in [1.29, 1.82) is 0 Å². The topological polar surface area (TPSA) is 65.5 Å². The summed E-state index contributed by atoms with van der Waals surface area (Å²) in [5.74, 6) is 0.739. The first-order chi connectivity index (χ1) is 11.1. The molecule has 6 heteroatoms. The smallest absolute Gasteiger partial charge is 0.237 e. The van der Waals surface area contributed by atoms with E-state index in [0.29, 0.717) is 31.1 Å². The average Bonchev–Trinajstić information content (AvgIpc) is 2.69. The number of aldehydes is 1. The van der Waals surface area contributed by atoms with E-state index in [1.165, 1.54) is 0 Å². The number of hydrogen-bond donors (Lipinski definition) is 1. The molecule has 2 heterocycles. The molecule has 0 bridgehead atoms. The lowest BCUT2D eigenvalue weighted by molar-refractivity contribution is -0.131. The van der Waals surface area contributed by atoms with E-state index in [4.69, 9.17) is 0 Å². The van der Waals surface area contributed by atoms with E-state index >= 15 is 0 Å². The van der Waals surface area contributed by atoms with Crippen molar-refractivity contribution in [2.24, 2.45) is 0 Å². The van der Waals surface area contributed by atoms with Crippen LogP contribution in [0.3, 0.4) is 0 Å². The first-order valence-electron chi connectivity index (χ1n) is 7.90. The molecular formula is C17H24N4O2. The number of pyridine rings is 1. The number of likely N-dealkylation sites (N-methyl/N-ethyl adjacent to an activating group) is 1. The van der Waals surface area contributed by atoms with Crippen LogP contribution in [0, 0.1) is 0 Å². The SMILES string of the molecule is C=CNc1nc(C=O)c(CN2CCCN(C)CC2=O)cc1CC. The molecule has 0 spiro atoms. The highest BCUT2D eigenvalue weighted by atomic mass is 16.2. The van der Waals surface area contributed by atoms with Crippen molar-refractivity contribution < 1.29 is 9.59 Å². The third-order valence-electron chi connectivity index (χ3n) is 4.03. The summed E-state index contributed by atoms with van der Waals surface area (Å²) in [7, 11) is 1.95. The van der Waals surface area contributed by atoms with Gasteiger partial charge in [-0.1, -0.05) is 13.5 Å². The molecule has 23 heavy (non-hydrogen) atoms. The molecule has 1 aromatic heterocycles. The fourth-order valence-electron chi connectivity index (χ4n) is 2.78. The van der Waals surface area contributed by atoms with E-state index in [1.807, 2.05) is 29.8 Å². The molecule has 0 aliphatic carbocycles. The van der Waals surface area contributed by atoms with Gasteiger partial charge in [0, 0.05) is 25.2 Å². The van der Waals surface area contributed by atoms with Gasteiger partial charge in [0.25, 0.3) is 0 Å². The number of aryl methyl sites for hydroxylation is 1. The summed E-state index contributed by atoms with van der Waals surface area (Å²) < 4.78 is 0. The molecule has 0 atom stereocenters. The predicted octanol–water partition coefficient (Wildman–Crippen LogP) is 1.68. The van der Waals surface area contributed by atoms with Crippen LogP contribution in [0.1, 0.15) is 35.0 Å². The Bertz CT molecular complexity index is 601. The van der Waals surface area contributed by atoms with E-state index in [9.17, 15) is 9.59 Å². The normalized spacial score (nSPS) is 16.1. The van der Waals surface area contributed by atoms with Gasteiger partial charge >= 0.3 is 0 Å². The standard InChI is InChI=1S/C17H24N4O2/c1-4-13-9-14(15(12-22)19-17(13)18-5-2)10-21-8-6-7-20(3)11-16(21)23/h5,9,12H,2,4,6-8,10-11H2,1,3H3,(H,18,19). The van der Waals surface area contributed by atoms with Gasteiger partial charge in [-0.05, 0) is 37.7 Å². The minimum Gasteiger partial charge on any atom is -0.347 e. The van der Waals surface area contributed by atoms with Crippen LogP contribution < -0.4 is 5.32 Å². The van der Waals surface area contributed by atoms with Gasteiger partial charge in [-0.15, -0.1) is 0 Å². The van der Waals surface area contributed by atoms with Crippen molar-refractivity contribution in [2.75, 3.05) is 32.0 Å². The summed E-state index contributed by atoms with van der Waals surface area (Å²) in [6.07, 6.45) is 4.01. The van der Waals surface area contributed by atoms with Gasteiger partial charge in [0.1, 0.15) is 11.5 Å². The average molecular weight is 316 g/mol. The molecule has 6 nitrogen and oxygen atoms in total. The lowest BCUT2D eigenvalue weighted by Gasteiger charge is -2.22. The van der Waals surface area contributed by atoms with E-state index in [-0.39, 0.29) is 5.91 Å². The van der Waals surface area contributed by atoms with Crippen LogP contribution >= 0.6 is 0 Å². The second kappa shape index (κ2) is 7.87. The molecule has 1 N–H and O–H groups in total. The van der Waals surface area contributed by atoms with E-state index in [1.54, 1.807) is 6.20 Å². The van der Waals surface area contributed by atoms with Crippen LogP contribution in [0.2, 0.25) is 0 Å². The molecule has 1 fully saturated rings. The van der Waals surface area contributed by atoms with E-state index in [2.05, 4.69) is 16.9 Å². The quantitative estimate of drug-likeness (QED) is 0.809. The summed E-state index contributed by atoms with van der Waals surface area (Å²) in [6.45, 7) is 8.12. The highest BCUT2D eigenvalue weighted by Gasteiger charge is 2.21. The van der Waals surface area contributed by atoms with Crippen LogP contribution in [-0.2, 0) is 17.8 Å². The third kappa shape index (κ3) is 4.16.